The zero-order chi connectivity index (χ0) is 16.4. The average molecular weight is 316 g/mol. The summed E-state index contributed by atoms with van der Waals surface area (Å²) in [5, 5.41) is 1.01. The number of nitrogens with zero attached hydrogens (tertiary/aromatic N) is 2. The Balaban J connectivity index is 1.97. The van der Waals surface area contributed by atoms with E-state index in [1.807, 2.05) is 6.07 Å². The highest BCUT2D eigenvalue weighted by Gasteiger charge is 2.20. The van der Waals surface area contributed by atoms with Crippen molar-refractivity contribution in [2.45, 2.75) is 13.5 Å². The molecule has 1 aliphatic rings. The third-order valence-electron chi connectivity index (χ3n) is 4.44. The first-order chi connectivity index (χ1) is 11.1. The molecule has 0 radical (unpaired) electrons. The van der Waals surface area contributed by atoms with Gasteiger partial charge in [0.05, 0.1) is 6.61 Å². The first-order valence-electron chi connectivity index (χ1n) is 8.09. The highest BCUT2D eigenvalue weighted by Crippen LogP contribution is 2.28. The van der Waals surface area contributed by atoms with E-state index in [4.69, 9.17) is 10.5 Å². The predicted octanol–water partition coefficient (Wildman–Crippen LogP) is 1.56. The summed E-state index contributed by atoms with van der Waals surface area (Å²) >= 11 is 0. The van der Waals surface area contributed by atoms with Crippen LogP contribution in [0.3, 0.4) is 0 Å². The number of aromatic amines is 1. The van der Waals surface area contributed by atoms with E-state index in [0.29, 0.717) is 18.8 Å². The Hall–Kier alpha value is -2.05. The van der Waals surface area contributed by atoms with Crippen molar-refractivity contribution in [2.75, 3.05) is 44.7 Å². The highest BCUT2D eigenvalue weighted by atomic mass is 16.5. The molecule has 6 heteroatoms. The van der Waals surface area contributed by atoms with Gasteiger partial charge < -0.3 is 25.3 Å². The number of aromatic nitrogens is 1. The van der Waals surface area contributed by atoms with Gasteiger partial charge in [-0.05, 0) is 32.2 Å². The van der Waals surface area contributed by atoms with Crippen molar-refractivity contribution < 1.29 is 9.53 Å². The van der Waals surface area contributed by atoms with E-state index in [9.17, 15) is 4.79 Å². The lowest BCUT2D eigenvalue weighted by Gasteiger charge is -2.34. The van der Waals surface area contributed by atoms with E-state index in [-0.39, 0.29) is 5.97 Å². The lowest BCUT2D eigenvalue weighted by molar-refractivity contribution is 0.0519. The molecule has 0 saturated carbocycles. The fourth-order valence-corrected chi connectivity index (χ4v) is 3.09. The van der Waals surface area contributed by atoms with Gasteiger partial charge in [0.2, 0.25) is 0 Å². The molecule has 0 bridgehead atoms. The zero-order valence-corrected chi connectivity index (χ0v) is 13.8. The van der Waals surface area contributed by atoms with Gasteiger partial charge in [0.25, 0.3) is 0 Å². The average Bonchev–Trinajstić information content (AvgIpc) is 2.93. The summed E-state index contributed by atoms with van der Waals surface area (Å²) in [5.41, 5.74) is 9.29. The molecule has 0 atom stereocenters. The number of piperazine rings is 1. The van der Waals surface area contributed by atoms with Crippen LogP contribution in [-0.2, 0) is 11.3 Å². The molecule has 2 heterocycles. The van der Waals surface area contributed by atoms with Crippen LogP contribution in [0, 0.1) is 0 Å². The maximum Gasteiger partial charge on any atom is 0.355 e. The first kappa shape index (κ1) is 15.8. The van der Waals surface area contributed by atoms with Crippen molar-refractivity contribution in [1.82, 2.24) is 9.88 Å². The molecule has 1 aromatic carbocycles. The molecular formula is C17H24N4O2. The second kappa shape index (κ2) is 6.60. The number of H-pyrrole nitrogens is 1. The molecule has 1 aliphatic heterocycles. The van der Waals surface area contributed by atoms with Gasteiger partial charge in [-0.2, -0.15) is 0 Å². The number of anilines is 1. The monoisotopic (exact) mass is 316 g/mol. The number of likely N-dealkylation sites (N-methyl/N-ethyl adjacent to an activating group) is 1. The summed E-state index contributed by atoms with van der Waals surface area (Å²) in [6, 6.07) is 6.24. The molecule has 1 fully saturated rings. The Labute approximate surface area is 136 Å². The molecule has 0 amide bonds. The minimum atomic E-state index is -0.342. The number of rotatable bonds is 4. The van der Waals surface area contributed by atoms with Gasteiger partial charge in [-0.25, -0.2) is 4.79 Å². The van der Waals surface area contributed by atoms with Crippen LogP contribution in [0.5, 0.6) is 0 Å². The van der Waals surface area contributed by atoms with Gasteiger partial charge in [0.1, 0.15) is 5.69 Å². The minimum Gasteiger partial charge on any atom is -0.461 e. The molecule has 23 heavy (non-hydrogen) atoms. The number of carbonyl (C=O) groups excluding carboxylic acids is 1. The molecular weight excluding hydrogens is 292 g/mol. The number of benzene rings is 1. The van der Waals surface area contributed by atoms with E-state index in [0.717, 1.165) is 42.6 Å². The number of ether oxygens (including phenoxy) is 1. The molecule has 0 unspecified atom stereocenters. The van der Waals surface area contributed by atoms with Crippen molar-refractivity contribution in [3.63, 3.8) is 0 Å². The largest absolute Gasteiger partial charge is 0.461 e. The number of esters is 1. The van der Waals surface area contributed by atoms with Gasteiger partial charge in [-0.1, -0.05) is 0 Å². The fraction of sp³-hybridized carbons (Fsp3) is 0.471. The van der Waals surface area contributed by atoms with Crippen LogP contribution in [0.1, 0.15) is 23.0 Å². The van der Waals surface area contributed by atoms with Gasteiger partial charge in [0, 0.05) is 54.9 Å². The number of fused-ring (bicyclic) bond motifs is 1. The van der Waals surface area contributed by atoms with E-state index < -0.39 is 0 Å². The molecule has 124 valence electrons. The number of nitrogens with one attached hydrogen (secondary N) is 1. The summed E-state index contributed by atoms with van der Waals surface area (Å²) in [4.78, 5) is 19.9. The fourth-order valence-electron chi connectivity index (χ4n) is 3.09. The van der Waals surface area contributed by atoms with Crippen molar-refractivity contribution in [2.24, 2.45) is 5.73 Å². The lowest BCUT2D eigenvalue weighted by atomic mass is 10.1. The summed E-state index contributed by atoms with van der Waals surface area (Å²) in [6.45, 7) is 6.59. The maximum atomic E-state index is 12.1. The zero-order valence-electron chi connectivity index (χ0n) is 13.8. The third kappa shape index (κ3) is 3.04. The Bertz CT molecular complexity index is 702. The molecule has 3 N–H and O–H groups in total. The van der Waals surface area contributed by atoms with Crippen LogP contribution in [0.4, 0.5) is 5.69 Å². The van der Waals surface area contributed by atoms with Crippen LogP contribution in [-0.4, -0.2) is 55.7 Å². The van der Waals surface area contributed by atoms with Crippen molar-refractivity contribution in [1.29, 1.82) is 0 Å². The molecule has 1 aromatic heterocycles. The summed E-state index contributed by atoms with van der Waals surface area (Å²) in [7, 11) is 2.14. The Morgan fingerprint density at radius 1 is 1.30 bits per heavy atom. The number of hydrogen-bond donors (Lipinski definition) is 2. The van der Waals surface area contributed by atoms with E-state index in [1.54, 1.807) is 6.92 Å². The van der Waals surface area contributed by atoms with Crippen molar-refractivity contribution in [3.05, 3.63) is 29.5 Å². The van der Waals surface area contributed by atoms with Gasteiger partial charge in [-0.15, -0.1) is 0 Å². The van der Waals surface area contributed by atoms with Crippen molar-refractivity contribution in [3.8, 4) is 0 Å². The minimum absolute atomic E-state index is 0.306. The molecule has 2 aromatic rings. The number of carbonyl (C=O) groups is 1. The molecule has 0 spiro atoms. The summed E-state index contributed by atoms with van der Waals surface area (Å²) in [5.74, 6) is -0.342. The van der Waals surface area contributed by atoms with Crippen LogP contribution in [0.25, 0.3) is 10.9 Å². The van der Waals surface area contributed by atoms with Crippen LogP contribution < -0.4 is 10.6 Å². The van der Waals surface area contributed by atoms with Gasteiger partial charge in [-0.3, -0.25) is 0 Å². The SMILES string of the molecule is CCOC(=O)c1[nH]c2ccc(N3CCN(C)CC3)cc2c1CN. The standard InChI is InChI=1S/C17H24N4O2/c1-3-23-17(22)16-14(11-18)13-10-12(4-5-15(13)19-16)21-8-6-20(2)7-9-21/h4-5,10,19H,3,6-9,11,18H2,1-2H3. The highest BCUT2D eigenvalue weighted by molar-refractivity contribution is 5.99. The Kier molecular flexibility index (Phi) is 4.54. The topological polar surface area (TPSA) is 74.6 Å². The predicted molar refractivity (Wildman–Crippen MR) is 91.9 cm³/mol. The van der Waals surface area contributed by atoms with E-state index in [1.165, 1.54) is 5.69 Å². The van der Waals surface area contributed by atoms with Crippen LogP contribution in [0.15, 0.2) is 18.2 Å². The normalized spacial score (nSPS) is 16.0. The first-order valence-corrected chi connectivity index (χ1v) is 8.09. The number of nitrogens with two attached hydrogens (primary N) is 1. The van der Waals surface area contributed by atoms with Crippen LogP contribution >= 0.6 is 0 Å². The molecule has 3 rings (SSSR count). The molecule has 1 saturated heterocycles. The van der Waals surface area contributed by atoms with Gasteiger partial charge >= 0.3 is 5.97 Å². The van der Waals surface area contributed by atoms with E-state index >= 15 is 0 Å². The summed E-state index contributed by atoms with van der Waals surface area (Å²) in [6.07, 6.45) is 0. The van der Waals surface area contributed by atoms with E-state index in [2.05, 4.69) is 34.0 Å². The quantitative estimate of drug-likeness (QED) is 0.837. The Morgan fingerprint density at radius 3 is 2.70 bits per heavy atom. The lowest BCUT2D eigenvalue weighted by Crippen LogP contribution is -2.44. The van der Waals surface area contributed by atoms with Crippen LogP contribution in [0.2, 0.25) is 0 Å². The molecule has 6 nitrogen and oxygen atoms in total. The summed E-state index contributed by atoms with van der Waals surface area (Å²) < 4.78 is 5.12. The van der Waals surface area contributed by atoms with Gasteiger partial charge in [0.15, 0.2) is 0 Å². The molecule has 0 aliphatic carbocycles. The number of hydrogen-bond acceptors (Lipinski definition) is 5. The smallest absolute Gasteiger partial charge is 0.355 e. The second-order valence-corrected chi connectivity index (χ2v) is 5.92. The third-order valence-corrected chi connectivity index (χ3v) is 4.44. The van der Waals surface area contributed by atoms with Crippen molar-refractivity contribution >= 4 is 22.6 Å². The second-order valence-electron chi connectivity index (χ2n) is 5.92. The maximum absolute atomic E-state index is 12.1. The Morgan fingerprint density at radius 2 is 2.04 bits per heavy atom.